The molecule has 1 amide bonds. The van der Waals surface area contributed by atoms with Gasteiger partial charge in [-0.1, -0.05) is 19.4 Å². The molecule has 6 heteroatoms. The summed E-state index contributed by atoms with van der Waals surface area (Å²) in [4.78, 5) is 24.1. The summed E-state index contributed by atoms with van der Waals surface area (Å²) in [5.74, 6) is 0.992. The fourth-order valence-electron chi connectivity index (χ4n) is 2.43. The molecule has 0 aliphatic heterocycles. The lowest BCUT2D eigenvalue weighted by molar-refractivity contribution is -0.116. The second-order valence-electron chi connectivity index (χ2n) is 6.25. The van der Waals surface area contributed by atoms with E-state index in [1.807, 2.05) is 31.2 Å². The van der Waals surface area contributed by atoms with Crippen LogP contribution in [0.1, 0.15) is 43.0 Å². The molecular weight excluding hydrogens is 358 g/mol. The SMILES string of the molecule is CCCCOC(=O)c1cccc(NC(=O)CCCOc2ccc(OC)cc2)c1. The average Bonchev–Trinajstić information content (AvgIpc) is 2.72. The molecular formula is C22H27NO5. The van der Waals surface area contributed by atoms with Crippen molar-refractivity contribution in [1.29, 1.82) is 0 Å². The van der Waals surface area contributed by atoms with Crippen LogP contribution < -0.4 is 14.8 Å². The Balaban J connectivity index is 1.73. The summed E-state index contributed by atoms with van der Waals surface area (Å²) in [6, 6.07) is 14.1. The maximum absolute atomic E-state index is 12.1. The molecule has 0 saturated carbocycles. The van der Waals surface area contributed by atoms with Crippen LogP contribution in [0.2, 0.25) is 0 Å². The summed E-state index contributed by atoms with van der Waals surface area (Å²) >= 11 is 0. The molecule has 2 aromatic carbocycles. The Kier molecular flexibility index (Phi) is 8.85. The van der Waals surface area contributed by atoms with E-state index in [-0.39, 0.29) is 11.9 Å². The van der Waals surface area contributed by atoms with Crippen LogP contribution in [-0.4, -0.2) is 32.2 Å². The summed E-state index contributed by atoms with van der Waals surface area (Å²) in [5, 5.41) is 2.80. The van der Waals surface area contributed by atoms with Gasteiger partial charge in [0.25, 0.3) is 0 Å². The minimum atomic E-state index is -0.377. The van der Waals surface area contributed by atoms with Gasteiger partial charge in [-0.25, -0.2) is 4.79 Å². The molecule has 0 aromatic heterocycles. The van der Waals surface area contributed by atoms with E-state index in [0.29, 0.717) is 37.3 Å². The van der Waals surface area contributed by atoms with Gasteiger partial charge in [-0.05, 0) is 55.3 Å². The second-order valence-corrected chi connectivity index (χ2v) is 6.25. The Morgan fingerprint density at radius 3 is 2.43 bits per heavy atom. The average molecular weight is 385 g/mol. The van der Waals surface area contributed by atoms with E-state index in [4.69, 9.17) is 14.2 Å². The van der Waals surface area contributed by atoms with E-state index in [0.717, 1.165) is 24.3 Å². The lowest BCUT2D eigenvalue weighted by Crippen LogP contribution is -2.13. The highest BCUT2D eigenvalue weighted by Gasteiger charge is 2.09. The Labute approximate surface area is 165 Å². The van der Waals surface area contributed by atoms with Crippen molar-refractivity contribution in [2.45, 2.75) is 32.6 Å². The number of carbonyl (C=O) groups is 2. The monoisotopic (exact) mass is 385 g/mol. The summed E-state index contributed by atoms with van der Waals surface area (Å²) in [7, 11) is 1.61. The number of unbranched alkanes of at least 4 members (excludes halogenated alkanes) is 1. The van der Waals surface area contributed by atoms with Gasteiger partial charge in [0.2, 0.25) is 5.91 Å². The molecule has 2 aromatic rings. The Morgan fingerprint density at radius 2 is 1.71 bits per heavy atom. The first-order valence-corrected chi connectivity index (χ1v) is 9.46. The van der Waals surface area contributed by atoms with Crippen LogP contribution in [0.3, 0.4) is 0 Å². The quantitative estimate of drug-likeness (QED) is 0.457. The Hall–Kier alpha value is -3.02. The van der Waals surface area contributed by atoms with Gasteiger partial charge in [0.15, 0.2) is 0 Å². The topological polar surface area (TPSA) is 73.9 Å². The zero-order valence-corrected chi connectivity index (χ0v) is 16.4. The summed E-state index contributed by atoms with van der Waals surface area (Å²) in [6.07, 6.45) is 2.70. The molecule has 0 aliphatic carbocycles. The van der Waals surface area contributed by atoms with Crippen molar-refractivity contribution in [2.24, 2.45) is 0 Å². The van der Waals surface area contributed by atoms with Crippen molar-refractivity contribution in [1.82, 2.24) is 0 Å². The Bertz CT molecular complexity index is 758. The zero-order chi connectivity index (χ0) is 20.2. The molecule has 0 radical (unpaired) electrons. The Morgan fingerprint density at radius 1 is 0.964 bits per heavy atom. The second kappa shape index (κ2) is 11.6. The number of rotatable bonds is 11. The zero-order valence-electron chi connectivity index (χ0n) is 16.4. The van der Waals surface area contributed by atoms with Crippen molar-refractivity contribution < 1.29 is 23.8 Å². The van der Waals surface area contributed by atoms with Crippen molar-refractivity contribution in [3.8, 4) is 11.5 Å². The van der Waals surface area contributed by atoms with Gasteiger partial charge in [-0.2, -0.15) is 0 Å². The van der Waals surface area contributed by atoms with Crippen LogP contribution in [0.25, 0.3) is 0 Å². The van der Waals surface area contributed by atoms with Crippen LogP contribution >= 0.6 is 0 Å². The predicted octanol–water partition coefficient (Wildman–Crippen LogP) is 4.45. The maximum atomic E-state index is 12.1. The standard InChI is InChI=1S/C22H27NO5/c1-3-4-14-28-22(25)17-7-5-8-18(16-17)23-21(24)9-6-15-27-20-12-10-19(26-2)11-13-20/h5,7-8,10-13,16H,3-4,6,9,14-15H2,1-2H3,(H,23,24). The van der Waals surface area contributed by atoms with Gasteiger partial charge >= 0.3 is 5.97 Å². The highest BCUT2D eigenvalue weighted by atomic mass is 16.5. The third-order valence-corrected chi connectivity index (χ3v) is 3.99. The van der Waals surface area contributed by atoms with Crippen molar-refractivity contribution >= 4 is 17.6 Å². The van der Waals surface area contributed by atoms with Gasteiger partial charge in [0.1, 0.15) is 11.5 Å². The number of esters is 1. The minimum absolute atomic E-state index is 0.130. The van der Waals surface area contributed by atoms with Crippen LogP contribution in [-0.2, 0) is 9.53 Å². The van der Waals surface area contributed by atoms with Gasteiger partial charge in [0, 0.05) is 12.1 Å². The molecule has 0 aliphatic rings. The van der Waals surface area contributed by atoms with Crippen molar-refractivity contribution in [3.63, 3.8) is 0 Å². The highest BCUT2D eigenvalue weighted by molar-refractivity contribution is 5.94. The van der Waals surface area contributed by atoms with E-state index in [1.54, 1.807) is 31.4 Å². The first kappa shape index (κ1) is 21.3. The number of carbonyl (C=O) groups excluding carboxylic acids is 2. The number of methoxy groups -OCH3 is 1. The first-order valence-electron chi connectivity index (χ1n) is 9.46. The molecule has 0 bridgehead atoms. The van der Waals surface area contributed by atoms with Crippen LogP contribution in [0.4, 0.5) is 5.69 Å². The number of benzene rings is 2. The molecule has 0 fully saturated rings. The molecule has 6 nitrogen and oxygen atoms in total. The lowest BCUT2D eigenvalue weighted by Gasteiger charge is -2.09. The molecule has 0 heterocycles. The number of hydrogen-bond donors (Lipinski definition) is 1. The van der Waals surface area contributed by atoms with E-state index in [2.05, 4.69) is 5.32 Å². The van der Waals surface area contributed by atoms with E-state index in [9.17, 15) is 9.59 Å². The van der Waals surface area contributed by atoms with Crippen molar-refractivity contribution in [3.05, 3.63) is 54.1 Å². The smallest absolute Gasteiger partial charge is 0.338 e. The summed E-state index contributed by atoms with van der Waals surface area (Å²) < 4.78 is 15.9. The molecule has 1 N–H and O–H groups in total. The largest absolute Gasteiger partial charge is 0.497 e. The van der Waals surface area contributed by atoms with E-state index in [1.165, 1.54) is 0 Å². The maximum Gasteiger partial charge on any atom is 0.338 e. The molecule has 0 saturated heterocycles. The normalized spacial score (nSPS) is 10.2. The van der Waals surface area contributed by atoms with Crippen LogP contribution in [0.15, 0.2) is 48.5 Å². The predicted molar refractivity (Wildman–Crippen MR) is 108 cm³/mol. The van der Waals surface area contributed by atoms with Crippen molar-refractivity contribution in [2.75, 3.05) is 25.6 Å². The van der Waals surface area contributed by atoms with Gasteiger partial charge < -0.3 is 19.5 Å². The summed E-state index contributed by atoms with van der Waals surface area (Å²) in [5.41, 5.74) is 1.00. The third kappa shape index (κ3) is 7.31. The molecule has 2 rings (SSSR count). The van der Waals surface area contributed by atoms with E-state index >= 15 is 0 Å². The number of nitrogens with one attached hydrogen (secondary N) is 1. The fourth-order valence-corrected chi connectivity index (χ4v) is 2.43. The summed E-state index contributed by atoms with van der Waals surface area (Å²) in [6.45, 7) is 2.87. The number of hydrogen-bond acceptors (Lipinski definition) is 5. The molecule has 28 heavy (non-hydrogen) atoms. The van der Waals surface area contributed by atoms with Gasteiger partial charge in [-0.15, -0.1) is 0 Å². The van der Waals surface area contributed by atoms with Gasteiger partial charge in [0.05, 0.1) is 25.9 Å². The van der Waals surface area contributed by atoms with Gasteiger partial charge in [-0.3, -0.25) is 4.79 Å². The highest BCUT2D eigenvalue weighted by Crippen LogP contribution is 2.17. The molecule has 0 spiro atoms. The number of amides is 1. The van der Waals surface area contributed by atoms with Crippen LogP contribution in [0.5, 0.6) is 11.5 Å². The lowest BCUT2D eigenvalue weighted by atomic mass is 10.2. The molecule has 0 unspecified atom stereocenters. The molecule has 0 atom stereocenters. The van der Waals surface area contributed by atoms with E-state index < -0.39 is 0 Å². The van der Waals surface area contributed by atoms with Crippen LogP contribution in [0, 0.1) is 0 Å². The molecule has 150 valence electrons. The number of anilines is 1. The first-order chi connectivity index (χ1) is 13.6. The number of ether oxygens (including phenoxy) is 3. The third-order valence-electron chi connectivity index (χ3n) is 3.99. The fraction of sp³-hybridized carbons (Fsp3) is 0.364. The minimum Gasteiger partial charge on any atom is -0.497 e.